The summed E-state index contributed by atoms with van der Waals surface area (Å²) in [5.74, 6) is 0.316. The van der Waals surface area contributed by atoms with Gasteiger partial charge in [0.05, 0.1) is 18.4 Å². The van der Waals surface area contributed by atoms with Gasteiger partial charge in [-0.2, -0.15) is 0 Å². The predicted octanol–water partition coefficient (Wildman–Crippen LogP) is 5.40. The highest BCUT2D eigenvalue weighted by Gasteiger charge is 2.17. The lowest BCUT2D eigenvalue weighted by molar-refractivity contribution is 0.102. The Morgan fingerprint density at radius 3 is 2.86 bits per heavy atom. The van der Waals surface area contributed by atoms with Crippen molar-refractivity contribution in [2.45, 2.75) is 25.3 Å². The van der Waals surface area contributed by atoms with Crippen LogP contribution in [-0.2, 0) is 6.54 Å². The summed E-state index contributed by atoms with van der Waals surface area (Å²) in [6.07, 6.45) is 3.86. The van der Waals surface area contributed by atoms with Crippen LogP contribution in [0.25, 0.3) is 11.3 Å². The number of anilines is 1. The summed E-state index contributed by atoms with van der Waals surface area (Å²) in [7, 11) is 1.57. The molecule has 2 aromatic heterocycles. The van der Waals surface area contributed by atoms with Crippen LogP contribution in [0.3, 0.4) is 0 Å². The van der Waals surface area contributed by atoms with Crippen molar-refractivity contribution in [2.75, 3.05) is 18.7 Å². The minimum absolute atomic E-state index is 0.234. The van der Waals surface area contributed by atoms with E-state index >= 15 is 0 Å². The maximum absolute atomic E-state index is 12.7. The zero-order valence-corrected chi connectivity index (χ0v) is 18.0. The van der Waals surface area contributed by atoms with Crippen molar-refractivity contribution in [1.82, 2.24) is 9.55 Å². The number of amides is 1. The van der Waals surface area contributed by atoms with Crippen LogP contribution in [0.4, 0.5) is 5.13 Å². The van der Waals surface area contributed by atoms with Crippen LogP contribution < -0.4 is 10.1 Å². The zero-order chi connectivity index (χ0) is 20.3. The van der Waals surface area contributed by atoms with Gasteiger partial charge in [0.25, 0.3) is 5.91 Å². The first-order chi connectivity index (χ1) is 13.5. The molecule has 1 amide bonds. The molecule has 0 spiro atoms. The number of benzene rings is 1. The van der Waals surface area contributed by atoms with Crippen LogP contribution in [0.2, 0.25) is 0 Å². The van der Waals surface area contributed by atoms with Crippen LogP contribution in [0, 0.1) is 13.8 Å². The van der Waals surface area contributed by atoms with E-state index in [1.54, 1.807) is 24.9 Å². The number of aryl methyl sites for hydroxylation is 1. The van der Waals surface area contributed by atoms with Crippen LogP contribution in [0.1, 0.15) is 21.7 Å². The predicted molar refractivity (Wildman–Crippen MR) is 118 cm³/mol. The van der Waals surface area contributed by atoms with E-state index in [2.05, 4.69) is 41.4 Å². The van der Waals surface area contributed by atoms with E-state index < -0.39 is 0 Å². The summed E-state index contributed by atoms with van der Waals surface area (Å²) in [6, 6.07) is 7.66. The molecule has 0 aliphatic carbocycles. The van der Waals surface area contributed by atoms with E-state index in [-0.39, 0.29) is 5.91 Å². The number of methoxy groups -OCH3 is 1. The maximum atomic E-state index is 12.7. The second kappa shape index (κ2) is 8.67. The number of allylic oxidation sites excluding steroid dienone is 1. The number of carbonyl (C=O) groups excluding carboxylic acids is 1. The average molecular weight is 414 g/mol. The quantitative estimate of drug-likeness (QED) is 0.416. The average Bonchev–Trinajstić information content (AvgIpc) is 3.27. The molecule has 0 saturated carbocycles. The van der Waals surface area contributed by atoms with E-state index in [1.165, 1.54) is 11.3 Å². The third kappa shape index (κ3) is 4.00. The van der Waals surface area contributed by atoms with Crippen LogP contribution >= 0.6 is 23.1 Å². The smallest absolute Gasteiger partial charge is 0.261 e. The SMILES string of the molecule is C=CCn1c(C)cc(-c2csc(NC(=O)c3ccc(SC)cc3OC)n2)c1C. The van der Waals surface area contributed by atoms with Gasteiger partial charge in [-0.05, 0) is 44.4 Å². The molecule has 2 heterocycles. The molecule has 1 N–H and O–H groups in total. The molecule has 146 valence electrons. The van der Waals surface area contributed by atoms with Gasteiger partial charge in [-0.25, -0.2) is 4.98 Å². The molecule has 3 aromatic rings. The molecule has 0 fully saturated rings. The van der Waals surface area contributed by atoms with Gasteiger partial charge in [0.2, 0.25) is 0 Å². The van der Waals surface area contributed by atoms with E-state index in [0.717, 1.165) is 34.1 Å². The monoisotopic (exact) mass is 413 g/mol. The van der Waals surface area contributed by atoms with Crippen molar-refractivity contribution >= 4 is 34.1 Å². The van der Waals surface area contributed by atoms with Gasteiger partial charge in [-0.15, -0.1) is 29.7 Å². The Morgan fingerprint density at radius 1 is 1.39 bits per heavy atom. The highest BCUT2D eigenvalue weighted by Crippen LogP contribution is 2.31. The molecule has 0 saturated heterocycles. The largest absolute Gasteiger partial charge is 0.496 e. The van der Waals surface area contributed by atoms with Gasteiger partial charge in [0.1, 0.15) is 5.75 Å². The topological polar surface area (TPSA) is 56.2 Å². The van der Waals surface area contributed by atoms with Gasteiger partial charge in [0, 0.05) is 33.8 Å². The Hall–Kier alpha value is -2.51. The molecule has 0 aliphatic rings. The van der Waals surface area contributed by atoms with Gasteiger partial charge < -0.3 is 9.30 Å². The first kappa shape index (κ1) is 20.2. The third-order valence-electron chi connectivity index (χ3n) is 4.54. The fraction of sp³-hybridized carbons (Fsp3) is 0.238. The number of nitrogens with one attached hydrogen (secondary N) is 1. The number of thiazole rings is 1. The molecule has 0 aliphatic heterocycles. The molecular weight excluding hydrogens is 390 g/mol. The van der Waals surface area contributed by atoms with Gasteiger partial charge in [0.15, 0.2) is 5.13 Å². The molecule has 28 heavy (non-hydrogen) atoms. The fourth-order valence-electron chi connectivity index (χ4n) is 3.08. The molecule has 0 unspecified atom stereocenters. The number of rotatable bonds is 7. The number of carbonyl (C=O) groups is 1. The minimum atomic E-state index is -0.234. The highest BCUT2D eigenvalue weighted by molar-refractivity contribution is 7.98. The van der Waals surface area contributed by atoms with Crippen molar-refractivity contribution in [1.29, 1.82) is 0 Å². The van der Waals surface area contributed by atoms with E-state index in [1.807, 2.05) is 29.8 Å². The Bertz CT molecular complexity index is 1020. The summed E-state index contributed by atoms with van der Waals surface area (Å²) in [5, 5.41) is 5.41. The fourth-order valence-corrected chi connectivity index (χ4v) is 4.21. The summed E-state index contributed by atoms with van der Waals surface area (Å²) < 4.78 is 7.57. The highest BCUT2D eigenvalue weighted by atomic mass is 32.2. The minimum Gasteiger partial charge on any atom is -0.496 e. The number of ether oxygens (including phenoxy) is 1. The first-order valence-electron chi connectivity index (χ1n) is 8.75. The Kier molecular flexibility index (Phi) is 6.26. The molecule has 1 aromatic carbocycles. The Balaban J connectivity index is 1.83. The van der Waals surface area contributed by atoms with Crippen LogP contribution in [0.15, 0.2) is 47.2 Å². The second-order valence-electron chi connectivity index (χ2n) is 6.24. The zero-order valence-electron chi connectivity index (χ0n) is 16.4. The van der Waals surface area contributed by atoms with Crippen LogP contribution in [-0.4, -0.2) is 28.8 Å². The molecule has 0 bridgehead atoms. The normalized spacial score (nSPS) is 10.7. The van der Waals surface area contributed by atoms with Gasteiger partial charge in [-0.1, -0.05) is 6.08 Å². The summed E-state index contributed by atoms with van der Waals surface area (Å²) in [6.45, 7) is 8.72. The molecule has 3 rings (SSSR count). The van der Waals surface area contributed by atoms with Gasteiger partial charge >= 0.3 is 0 Å². The maximum Gasteiger partial charge on any atom is 0.261 e. The first-order valence-corrected chi connectivity index (χ1v) is 10.9. The number of hydrogen-bond donors (Lipinski definition) is 1. The second-order valence-corrected chi connectivity index (χ2v) is 7.98. The lowest BCUT2D eigenvalue weighted by Gasteiger charge is -2.09. The summed E-state index contributed by atoms with van der Waals surface area (Å²) >= 11 is 3.01. The molecular formula is C21H23N3O2S2. The van der Waals surface area contributed by atoms with Gasteiger partial charge in [-0.3, -0.25) is 10.1 Å². The lowest BCUT2D eigenvalue weighted by atomic mass is 10.2. The molecule has 0 atom stereocenters. The molecule has 5 nitrogen and oxygen atoms in total. The van der Waals surface area contributed by atoms with Crippen molar-refractivity contribution in [3.8, 4) is 17.0 Å². The Labute approximate surface area is 173 Å². The van der Waals surface area contributed by atoms with E-state index in [0.29, 0.717) is 16.4 Å². The van der Waals surface area contributed by atoms with E-state index in [9.17, 15) is 4.79 Å². The lowest BCUT2D eigenvalue weighted by Crippen LogP contribution is -2.13. The third-order valence-corrected chi connectivity index (χ3v) is 6.02. The molecule has 0 radical (unpaired) electrons. The van der Waals surface area contributed by atoms with Crippen molar-refractivity contribution in [3.05, 3.63) is 59.3 Å². The van der Waals surface area contributed by atoms with Crippen molar-refractivity contribution < 1.29 is 9.53 Å². The standard InChI is InChI=1S/C21H23N3O2S2/c1-6-9-24-13(2)10-17(14(24)3)18-12-28-21(22-18)23-20(25)16-8-7-15(27-5)11-19(16)26-4/h6-8,10-12H,1,9H2,2-5H3,(H,22,23,25). The number of aromatic nitrogens is 2. The summed E-state index contributed by atoms with van der Waals surface area (Å²) in [5.41, 5.74) is 4.70. The number of thioether (sulfide) groups is 1. The number of nitrogens with zero attached hydrogens (tertiary/aromatic N) is 2. The van der Waals surface area contributed by atoms with Crippen molar-refractivity contribution in [3.63, 3.8) is 0 Å². The molecule has 7 heteroatoms. The van der Waals surface area contributed by atoms with Crippen molar-refractivity contribution in [2.24, 2.45) is 0 Å². The Morgan fingerprint density at radius 2 is 2.18 bits per heavy atom. The van der Waals surface area contributed by atoms with Crippen LogP contribution in [0.5, 0.6) is 5.75 Å². The van der Waals surface area contributed by atoms with E-state index in [4.69, 9.17) is 4.74 Å². The number of hydrogen-bond acceptors (Lipinski definition) is 5. The summed E-state index contributed by atoms with van der Waals surface area (Å²) in [4.78, 5) is 18.4.